The van der Waals surface area contributed by atoms with Crippen LogP contribution >= 0.6 is 11.3 Å². The van der Waals surface area contributed by atoms with Crippen LogP contribution in [0, 0.1) is 5.92 Å². The van der Waals surface area contributed by atoms with Crippen molar-refractivity contribution in [2.45, 2.75) is 6.42 Å². The van der Waals surface area contributed by atoms with Crippen LogP contribution in [0.25, 0.3) is 5.57 Å². The first-order valence-electron chi connectivity index (χ1n) is 6.79. The lowest BCUT2D eigenvalue weighted by molar-refractivity contribution is -0.149. The van der Waals surface area contributed by atoms with Crippen LogP contribution in [0.1, 0.15) is 21.1 Å². The highest BCUT2D eigenvalue weighted by Gasteiger charge is 2.31. The lowest BCUT2D eigenvalue weighted by atomic mass is 10.0. The molecule has 2 aliphatic rings. The minimum atomic E-state index is -0.364. The highest BCUT2D eigenvalue weighted by Crippen LogP contribution is 2.27. The minimum Gasteiger partial charge on any atom is -0.465 e. The van der Waals surface area contributed by atoms with Gasteiger partial charge in [0.25, 0.3) is 0 Å². The van der Waals surface area contributed by atoms with Crippen LogP contribution in [0.5, 0.6) is 0 Å². The molecule has 0 radical (unpaired) electrons. The van der Waals surface area contributed by atoms with Crippen LogP contribution in [0.2, 0.25) is 0 Å². The molecule has 0 bridgehead atoms. The molecule has 1 amide bonds. The van der Waals surface area contributed by atoms with Crippen LogP contribution in [0.3, 0.4) is 0 Å². The van der Waals surface area contributed by atoms with Crippen molar-refractivity contribution < 1.29 is 19.1 Å². The van der Waals surface area contributed by atoms with Crippen molar-refractivity contribution in [3.8, 4) is 0 Å². The number of rotatable bonds is 3. The molecule has 112 valence electrons. The summed E-state index contributed by atoms with van der Waals surface area (Å²) >= 11 is 1.33. The number of hydrogen-bond acceptors (Lipinski definition) is 6. The number of carbonyl (C=O) groups excluding carboxylic acids is 2. The second-order valence-electron chi connectivity index (χ2n) is 5.02. The van der Waals surface area contributed by atoms with Gasteiger partial charge in [0.15, 0.2) is 0 Å². The molecule has 1 fully saturated rings. The molecular weight excluding hydrogens is 292 g/mol. The van der Waals surface area contributed by atoms with Crippen molar-refractivity contribution in [3.05, 3.63) is 22.2 Å². The summed E-state index contributed by atoms with van der Waals surface area (Å²) in [6.07, 6.45) is 4.31. The Morgan fingerprint density at radius 3 is 2.86 bits per heavy atom. The molecule has 0 aliphatic carbocycles. The Morgan fingerprint density at radius 1 is 1.48 bits per heavy atom. The van der Waals surface area contributed by atoms with Crippen LogP contribution in [0.4, 0.5) is 0 Å². The molecule has 21 heavy (non-hydrogen) atoms. The minimum absolute atomic E-state index is 0.0331. The van der Waals surface area contributed by atoms with Gasteiger partial charge >= 0.3 is 5.97 Å². The summed E-state index contributed by atoms with van der Waals surface area (Å²) in [6, 6.07) is 0. The predicted molar refractivity (Wildman–Crippen MR) is 76.9 cm³/mol. The van der Waals surface area contributed by atoms with Crippen molar-refractivity contribution in [2.75, 3.05) is 33.4 Å². The van der Waals surface area contributed by atoms with Crippen LogP contribution in [-0.4, -0.2) is 55.2 Å². The number of thiazole rings is 1. The molecular formula is C14H16N2O4S. The van der Waals surface area contributed by atoms with Crippen molar-refractivity contribution in [2.24, 2.45) is 5.92 Å². The molecule has 1 aromatic rings. The monoisotopic (exact) mass is 308 g/mol. The Bertz CT molecular complexity index is 592. The second kappa shape index (κ2) is 5.95. The van der Waals surface area contributed by atoms with E-state index < -0.39 is 0 Å². The van der Waals surface area contributed by atoms with Gasteiger partial charge in [-0.1, -0.05) is 6.08 Å². The molecule has 0 spiro atoms. The van der Waals surface area contributed by atoms with Gasteiger partial charge in [-0.25, -0.2) is 9.78 Å². The van der Waals surface area contributed by atoms with E-state index in [0.717, 1.165) is 17.0 Å². The van der Waals surface area contributed by atoms with E-state index in [4.69, 9.17) is 4.74 Å². The SMILES string of the molecule is COC(=O)c1cnc(C2=CCN(C(=O)C3COC3)CC2)s1. The van der Waals surface area contributed by atoms with E-state index in [2.05, 4.69) is 9.72 Å². The largest absolute Gasteiger partial charge is 0.465 e. The Kier molecular flexibility index (Phi) is 4.03. The second-order valence-corrected chi connectivity index (χ2v) is 6.05. The van der Waals surface area contributed by atoms with Gasteiger partial charge < -0.3 is 14.4 Å². The van der Waals surface area contributed by atoms with Gasteiger partial charge in [0.2, 0.25) is 5.91 Å². The Morgan fingerprint density at radius 2 is 2.29 bits per heavy atom. The fourth-order valence-corrected chi connectivity index (χ4v) is 3.22. The van der Waals surface area contributed by atoms with Crippen molar-refractivity contribution in [3.63, 3.8) is 0 Å². The third-order valence-corrected chi connectivity index (χ3v) is 4.73. The zero-order valence-corrected chi connectivity index (χ0v) is 12.5. The highest BCUT2D eigenvalue weighted by molar-refractivity contribution is 7.14. The Hall–Kier alpha value is -1.73. The van der Waals surface area contributed by atoms with E-state index in [1.54, 1.807) is 0 Å². The first kappa shape index (κ1) is 14.2. The van der Waals surface area contributed by atoms with Crippen molar-refractivity contribution in [1.82, 2.24) is 9.88 Å². The summed E-state index contributed by atoms with van der Waals surface area (Å²) < 4.78 is 9.74. The Balaban J connectivity index is 1.65. The standard InChI is InChI=1S/C14H16N2O4S/c1-19-14(18)11-6-15-12(21-11)9-2-4-16(5-3-9)13(17)10-7-20-8-10/h2,6,10H,3-5,7-8H2,1H3. The van der Waals surface area contributed by atoms with Crippen LogP contribution < -0.4 is 0 Å². The molecule has 1 aromatic heterocycles. The van der Waals surface area contributed by atoms with Gasteiger partial charge in [0.05, 0.1) is 32.4 Å². The van der Waals surface area contributed by atoms with Gasteiger partial charge in [0, 0.05) is 13.1 Å². The van der Waals surface area contributed by atoms with Gasteiger partial charge in [0.1, 0.15) is 9.88 Å². The van der Waals surface area contributed by atoms with E-state index >= 15 is 0 Å². The molecule has 7 heteroatoms. The summed E-state index contributed by atoms with van der Waals surface area (Å²) in [5, 5.41) is 0.828. The first-order valence-corrected chi connectivity index (χ1v) is 7.60. The molecule has 0 atom stereocenters. The Labute approximate surface area is 126 Å². The van der Waals surface area contributed by atoms with Crippen LogP contribution in [-0.2, 0) is 14.3 Å². The smallest absolute Gasteiger partial charge is 0.349 e. The number of aromatic nitrogens is 1. The fraction of sp³-hybridized carbons (Fsp3) is 0.500. The van der Waals surface area contributed by atoms with Gasteiger partial charge in [-0.05, 0) is 12.0 Å². The maximum Gasteiger partial charge on any atom is 0.349 e. The topological polar surface area (TPSA) is 68.7 Å². The highest BCUT2D eigenvalue weighted by atomic mass is 32.1. The van der Waals surface area contributed by atoms with Crippen molar-refractivity contribution in [1.29, 1.82) is 0 Å². The lowest BCUT2D eigenvalue weighted by Crippen LogP contribution is -2.46. The fourth-order valence-electron chi connectivity index (χ4n) is 2.32. The molecule has 0 N–H and O–H groups in total. The molecule has 1 saturated heterocycles. The molecule has 2 aliphatic heterocycles. The average Bonchev–Trinajstić information content (AvgIpc) is 2.94. The first-order chi connectivity index (χ1) is 10.2. The van der Waals surface area contributed by atoms with E-state index in [0.29, 0.717) is 31.2 Å². The van der Waals surface area contributed by atoms with E-state index in [9.17, 15) is 9.59 Å². The van der Waals surface area contributed by atoms with Gasteiger partial charge in [-0.3, -0.25) is 4.79 Å². The maximum absolute atomic E-state index is 12.1. The molecule has 0 unspecified atom stereocenters. The quantitative estimate of drug-likeness (QED) is 0.785. The predicted octanol–water partition coefficient (Wildman–Crippen LogP) is 1.19. The van der Waals surface area contributed by atoms with Crippen molar-refractivity contribution >= 4 is 28.8 Å². The third-order valence-electron chi connectivity index (χ3n) is 3.68. The number of amides is 1. The summed E-state index contributed by atoms with van der Waals surface area (Å²) in [6.45, 7) is 2.37. The lowest BCUT2D eigenvalue weighted by Gasteiger charge is -2.33. The van der Waals surface area contributed by atoms with Gasteiger partial charge in [-0.15, -0.1) is 11.3 Å². The number of esters is 1. The maximum atomic E-state index is 12.1. The molecule has 3 rings (SSSR count). The normalized spacial score (nSPS) is 18.9. The van der Waals surface area contributed by atoms with Crippen LogP contribution in [0.15, 0.2) is 12.3 Å². The summed E-state index contributed by atoms with van der Waals surface area (Å²) in [5.41, 5.74) is 1.09. The molecule has 6 nitrogen and oxygen atoms in total. The average molecular weight is 308 g/mol. The zero-order chi connectivity index (χ0) is 14.8. The van der Waals surface area contributed by atoms with E-state index in [-0.39, 0.29) is 17.8 Å². The number of hydrogen-bond donors (Lipinski definition) is 0. The number of carbonyl (C=O) groups is 2. The summed E-state index contributed by atoms with van der Waals surface area (Å²) in [5.74, 6) is -0.159. The molecule has 3 heterocycles. The molecule has 0 saturated carbocycles. The third kappa shape index (κ3) is 2.84. The number of methoxy groups -OCH3 is 1. The number of ether oxygens (including phenoxy) is 2. The molecule has 0 aromatic carbocycles. The summed E-state index contributed by atoms with van der Waals surface area (Å²) in [7, 11) is 1.36. The van der Waals surface area contributed by atoms with E-state index in [1.165, 1.54) is 24.6 Å². The zero-order valence-electron chi connectivity index (χ0n) is 11.7. The van der Waals surface area contributed by atoms with Gasteiger partial charge in [-0.2, -0.15) is 0 Å². The van der Waals surface area contributed by atoms with E-state index in [1.807, 2.05) is 11.0 Å². The summed E-state index contributed by atoms with van der Waals surface area (Å²) in [4.78, 5) is 30.1. The number of nitrogens with zero attached hydrogens (tertiary/aromatic N) is 2.